The van der Waals surface area contributed by atoms with E-state index in [0.717, 1.165) is 22.2 Å². The fraction of sp³-hybridized carbons (Fsp3) is 0.300. The lowest BCUT2D eigenvalue weighted by molar-refractivity contribution is 0.226. The SMILES string of the molecule is COc1ccc(N2CS/C(=N\C(C)C)N(Cc3ccccc3)C2=O)cc1. The normalized spacial score (nSPS) is 16.5. The number of carbonyl (C=O) groups is 1. The number of amides is 2. The highest BCUT2D eigenvalue weighted by molar-refractivity contribution is 8.14. The molecule has 3 rings (SSSR count). The van der Waals surface area contributed by atoms with Gasteiger partial charge in [0, 0.05) is 11.7 Å². The van der Waals surface area contributed by atoms with E-state index in [0.29, 0.717) is 12.4 Å². The van der Waals surface area contributed by atoms with Gasteiger partial charge in [0.2, 0.25) is 0 Å². The molecule has 0 unspecified atom stereocenters. The van der Waals surface area contributed by atoms with Gasteiger partial charge in [-0.25, -0.2) is 4.79 Å². The van der Waals surface area contributed by atoms with Crippen LogP contribution in [0.25, 0.3) is 0 Å². The summed E-state index contributed by atoms with van der Waals surface area (Å²) in [5, 5.41) is 0.776. The van der Waals surface area contributed by atoms with Crippen LogP contribution in [0.1, 0.15) is 19.4 Å². The number of thioether (sulfide) groups is 1. The average Bonchev–Trinajstić information content (AvgIpc) is 2.65. The first-order valence-corrected chi connectivity index (χ1v) is 9.54. The van der Waals surface area contributed by atoms with Crippen molar-refractivity contribution in [3.05, 3.63) is 60.2 Å². The highest BCUT2D eigenvalue weighted by Gasteiger charge is 2.32. The summed E-state index contributed by atoms with van der Waals surface area (Å²) in [7, 11) is 1.63. The van der Waals surface area contributed by atoms with Crippen molar-refractivity contribution >= 4 is 28.6 Å². The zero-order valence-corrected chi connectivity index (χ0v) is 16.1. The van der Waals surface area contributed by atoms with Crippen molar-refractivity contribution in [3.63, 3.8) is 0 Å². The molecule has 2 aromatic carbocycles. The molecule has 6 heteroatoms. The molecule has 26 heavy (non-hydrogen) atoms. The largest absolute Gasteiger partial charge is 0.497 e. The number of urea groups is 1. The molecular weight excluding hydrogens is 346 g/mol. The Kier molecular flexibility index (Phi) is 5.83. The molecule has 0 saturated carbocycles. The van der Waals surface area contributed by atoms with Crippen LogP contribution >= 0.6 is 11.8 Å². The monoisotopic (exact) mass is 369 g/mol. The van der Waals surface area contributed by atoms with Crippen molar-refractivity contribution in [3.8, 4) is 5.75 Å². The van der Waals surface area contributed by atoms with Gasteiger partial charge in [-0.15, -0.1) is 0 Å². The zero-order valence-electron chi connectivity index (χ0n) is 15.3. The van der Waals surface area contributed by atoms with Gasteiger partial charge in [0.1, 0.15) is 5.75 Å². The van der Waals surface area contributed by atoms with E-state index in [-0.39, 0.29) is 12.1 Å². The predicted molar refractivity (Wildman–Crippen MR) is 108 cm³/mol. The van der Waals surface area contributed by atoms with Gasteiger partial charge in [-0.05, 0) is 43.7 Å². The third-order valence-corrected chi connectivity index (χ3v) is 4.92. The lowest BCUT2D eigenvalue weighted by Gasteiger charge is -2.36. The quantitative estimate of drug-likeness (QED) is 0.774. The molecule has 0 spiro atoms. The summed E-state index contributed by atoms with van der Waals surface area (Å²) in [4.78, 5) is 21.4. The molecule has 1 aliphatic heterocycles. The fourth-order valence-corrected chi connectivity index (χ4v) is 3.75. The van der Waals surface area contributed by atoms with Crippen LogP contribution in [0.5, 0.6) is 5.75 Å². The van der Waals surface area contributed by atoms with Crippen LogP contribution in [0.15, 0.2) is 59.6 Å². The number of carbonyl (C=O) groups excluding carboxylic acids is 1. The van der Waals surface area contributed by atoms with E-state index >= 15 is 0 Å². The summed E-state index contributed by atoms with van der Waals surface area (Å²) in [5.41, 5.74) is 1.93. The number of methoxy groups -OCH3 is 1. The lowest BCUT2D eigenvalue weighted by atomic mass is 10.2. The number of rotatable bonds is 5. The average molecular weight is 369 g/mol. The third kappa shape index (κ3) is 4.19. The minimum atomic E-state index is -0.0582. The molecule has 0 atom stereocenters. The molecular formula is C20H23N3O2S. The highest BCUT2D eigenvalue weighted by Crippen LogP contribution is 2.29. The van der Waals surface area contributed by atoms with Crippen molar-refractivity contribution in [2.24, 2.45) is 4.99 Å². The summed E-state index contributed by atoms with van der Waals surface area (Å²) in [6, 6.07) is 17.6. The Morgan fingerprint density at radius 3 is 2.42 bits per heavy atom. The second kappa shape index (κ2) is 8.27. The maximum absolute atomic E-state index is 13.2. The van der Waals surface area contributed by atoms with Crippen LogP contribution in [-0.4, -0.2) is 35.1 Å². The molecule has 1 saturated heterocycles. The number of hydrogen-bond acceptors (Lipinski definition) is 4. The molecule has 5 nitrogen and oxygen atoms in total. The molecule has 0 N–H and O–H groups in total. The Hall–Kier alpha value is -2.47. The Labute approximate surface area is 158 Å². The number of anilines is 1. The van der Waals surface area contributed by atoms with Crippen LogP contribution in [0.3, 0.4) is 0 Å². The Bertz CT molecular complexity index is 775. The molecule has 0 radical (unpaired) electrons. The molecule has 1 heterocycles. The summed E-state index contributed by atoms with van der Waals surface area (Å²) >= 11 is 1.59. The molecule has 0 bridgehead atoms. The van der Waals surface area contributed by atoms with Gasteiger partial charge < -0.3 is 4.74 Å². The van der Waals surface area contributed by atoms with Gasteiger partial charge in [-0.2, -0.15) is 0 Å². The van der Waals surface area contributed by atoms with Crippen molar-refractivity contribution in [1.82, 2.24) is 4.90 Å². The van der Waals surface area contributed by atoms with Gasteiger partial charge in [0.15, 0.2) is 5.17 Å². The topological polar surface area (TPSA) is 45.1 Å². The van der Waals surface area contributed by atoms with Gasteiger partial charge in [-0.3, -0.25) is 14.8 Å². The number of nitrogens with zero attached hydrogens (tertiary/aromatic N) is 3. The van der Waals surface area contributed by atoms with E-state index < -0.39 is 0 Å². The van der Waals surface area contributed by atoms with E-state index in [9.17, 15) is 4.79 Å². The summed E-state index contributed by atoms with van der Waals surface area (Å²) in [6.07, 6.45) is 0. The molecule has 136 valence electrons. The molecule has 0 aromatic heterocycles. The minimum Gasteiger partial charge on any atom is -0.497 e. The van der Waals surface area contributed by atoms with E-state index in [2.05, 4.69) is 4.99 Å². The fourth-order valence-electron chi connectivity index (χ4n) is 2.66. The van der Waals surface area contributed by atoms with Gasteiger partial charge in [0.25, 0.3) is 0 Å². The Morgan fingerprint density at radius 1 is 1.12 bits per heavy atom. The summed E-state index contributed by atoms with van der Waals surface area (Å²) < 4.78 is 5.21. The Morgan fingerprint density at radius 2 is 1.81 bits per heavy atom. The second-order valence-electron chi connectivity index (χ2n) is 6.26. The van der Waals surface area contributed by atoms with Crippen LogP contribution in [0.2, 0.25) is 0 Å². The van der Waals surface area contributed by atoms with Crippen molar-refractivity contribution in [1.29, 1.82) is 0 Å². The van der Waals surface area contributed by atoms with E-state index in [1.54, 1.807) is 28.7 Å². The van der Waals surface area contributed by atoms with E-state index in [1.165, 1.54) is 0 Å². The van der Waals surface area contributed by atoms with Crippen LogP contribution in [0.4, 0.5) is 10.5 Å². The lowest BCUT2D eigenvalue weighted by Crippen LogP contribution is -2.50. The summed E-state index contributed by atoms with van der Waals surface area (Å²) in [6.45, 7) is 4.55. The van der Waals surface area contributed by atoms with Gasteiger partial charge >= 0.3 is 6.03 Å². The number of benzene rings is 2. The van der Waals surface area contributed by atoms with Gasteiger partial charge in [0.05, 0.1) is 19.5 Å². The van der Waals surface area contributed by atoms with Crippen LogP contribution in [-0.2, 0) is 6.54 Å². The smallest absolute Gasteiger partial charge is 0.331 e. The van der Waals surface area contributed by atoms with E-state index in [1.807, 2.05) is 68.4 Å². The highest BCUT2D eigenvalue weighted by atomic mass is 32.2. The first-order chi connectivity index (χ1) is 12.6. The third-order valence-electron chi connectivity index (χ3n) is 3.95. The standard InChI is InChI=1S/C20H23N3O2S/c1-15(2)21-19-22(13-16-7-5-4-6-8-16)20(24)23(14-26-19)17-9-11-18(25-3)12-10-17/h4-12,15H,13-14H2,1-3H3/b21-19-. The summed E-state index contributed by atoms with van der Waals surface area (Å²) in [5.74, 6) is 1.32. The molecule has 0 aliphatic carbocycles. The van der Waals surface area contributed by atoms with Crippen LogP contribution < -0.4 is 9.64 Å². The second-order valence-corrected chi connectivity index (χ2v) is 7.17. The Balaban J connectivity index is 1.88. The maximum atomic E-state index is 13.2. The molecule has 1 fully saturated rings. The van der Waals surface area contributed by atoms with Crippen molar-refractivity contribution in [2.75, 3.05) is 17.9 Å². The number of amidine groups is 1. The first kappa shape index (κ1) is 18.3. The first-order valence-electron chi connectivity index (χ1n) is 8.56. The van der Waals surface area contributed by atoms with E-state index in [4.69, 9.17) is 4.74 Å². The zero-order chi connectivity index (χ0) is 18.5. The minimum absolute atomic E-state index is 0.0582. The maximum Gasteiger partial charge on any atom is 0.331 e. The number of aliphatic imine (C=N–C) groups is 1. The van der Waals surface area contributed by atoms with Crippen molar-refractivity contribution < 1.29 is 9.53 Å². The molecule has 2 amide bonds. The predicted octanol–water partition coefficient (Wildman–Crippen LogP) is 4.59. The van der Waals surface area contributed by atoms with Crippen molar-refractivity contribution in [2.45, 2.75) is 26.4 Å². The molecule has 2 aromatic rings. The number of ether oxygens (including phenoxy) is 1. The van der Waals surface area contributed by atoms with Gasteiger partial charge in [-0.1, -0.05) is 42.1 Å². The van der Waals surface area contributed by atoms with Crippen LogP contribution in [0, 0.1) is 0 Å². The molecule has 1 aliphatic rings. The number of hydrogen-bond donors (Lipinski definition) is 0.